The highest BCUT2D eigenvalue weighted by Gasteiger charge is 2.71. The summed E-state index contributed by atoms with van der Waals surface area (Å²) >= 11 is 0. The van der Waals surface area contributed by atoms with Gasteiger partial charge in [0.2, 0.25) is 0 Å². The van der Waals surface area contributed by atoms with Gasteiger partial charge in [0.15, 0.2) is 11.5 Å². The highest BCUT2D eigenvalue weighted by Crippen LogP contribution is 2.50. The number of rotatable bonds is 12. The summed E-state index contributed by atoms with van der Waals surface area (Å²) in [7, 11) is 0. The maximum Gasteiger partial charge on any atom is 0.430 e. The van der Waals surface area contributed by atoms with Gasteiger partial charge in [-0.1, -0.05) is 31.2 Å². The Kier molecular flexibility index (Phi) is 10.7. The van der Waals surface area contributed by atoms with Gasteiger partial charge >= 0.3 is 24.6 Å². The van der Waals surface area contributed by atoms with Crippen LogP contribution in [-0.4, -0.2) is 60.7 Å². The number of aliphatic hydroxyl groups is 1. The van der Waals surface area contributed by atoms with Gasteiger partial charge in [-0.25, -0.2) is 4.79 Å². The summed E-state index contributed by atoms with van der Waals surface area (Å²) in [4.78, 5) is 27.6. The molecule has 1 fully saturated rings. The standard InChI is InChI=1S/C35H33F9N2O6/c1-2-31(24-11-14-27-28(20-24)52-18-17-51-27)29(47)46(30(48)45-31)15-3-4-16-50-26-13-12-25(32(49,34(39,40)41)35(42,43)44)19-22(26)8-5-21-6-9-23(10-7-21)33(36,37)38/h6-7,9-14,19-20,49H,2-5,8,15-18H2,1H3,(H,45,48). The third-order valence-electron chi connectivity index (χ3n) is 9.04. The molecule has 0 spiro atoms. The van der Waals surface area contributed by atoms with E-state index in [1.54, 1.807) is 25.1 Å². The number of fused-ring (bicyclic) bond motifs is 1. The molecule has 8 nitrogen and oxygen atoms in total. The molecule has 2 aliphatic heterocycles. The summed E-state index contributed by atoms with van der Waals surface area (Å²) in [6.07, 6.45) is -16.6. The second-order valence-electron chi connectivity index (χ2n) is 12.3. The van der Waals surface area contributed by atoms with Crippen molar-refractivity contribution in [2.75, 3.05) is 26.4 Å². The van der Waals surface area contributed by atoms with Crippen molar-refractivity contribution in [3.63, 3.8) is 0 Å². The lowest BCUT2D eigenvalue weighted by Crippen LogP contribution is -2.53. The first-order valence-electron chi connectivity index (χ1n) is 16.1. The molecule has 0 radical (unpaired) electrons. The Morgan fingerprint density at radius 2 is 1.44 bits per heavy atom. The fourth-order valence-electron chi connectivity index (χ4n) is 6.10. The third-order valence-corrected chi connectivity index (χ3v) is 9.04. The fourth-order valence-corrected chi connectivity index (χ4v) is 6.10. The molecule has 1 atom stereocenters. The number of imide groups is 1. The van der Waals surface area contributed by atoms with E-state index in [1.807, 2.05) is 0 Å². The Labute approximate surface area is 291 Å². The number of halogens is 9. The number of urea groups is 1. The molecular formula is C35H33F9N2O6. The Bertz CT molecular complexity index is 1760. The van der Waals surface area contributed by atoms with Crippen molar-refractivity contribution < 1.29 is 68.4 Å². The van der Waals surface area contributed by atoms with Gasteiger partial charge in [-0.05, 0) is 85.2 Å². The molecule has 2 N–H and O–H groups in total. The highest BCUT2D eigenvalue weighted by atomic mass is 19.4. The van der Waals surface area contributed by atoms with Crippen molar-refractivity contribution in [2.24, 2.45) is 0 Å². The zero-order valence-corrected chi connectivity index (χ0v) is 27.5. The number of amides is 3. The summed E-state index contributed by atoms with van der Waals surface area (Å²) in [6, 6.07) is 9.96. The van der Waals surface area contributed by atoms with Crippen LogP contribution in [0.3, 0.4) is 0 Å². The number of nitrogens with zero attached hydrogens (tertiary/aromatic N) is 1. The van der Waals surface area contributed by atoms with E-state index in [2.05, 4.69) is 5.32 Å². The molecule has 0 aromatic heterocycles. The topological polar surface area (TPSA) is 97.3 Å². The number of nitrogens with one attached hydrogen (secondary N) is 1. The second kappa shape index (κ2) is 14.4. The number of hydrogen-bond donors (Lipinski definition) is 2. The summed E-state index contributed by atoms with van der Waals surface area (Å²) in [5.41, 5.74) is -8.40. The van der Waals surface area contributed by atoms with Crippen LogP contribution in [0.25, 0.3) is 0 Å². The van der Waals surface area contributed by atoms with Crippen molar-refractivity contribution in [1.29, 1.82) is 0 Å². The summed E-state index contributed by atoms with van der Waals surface area (Å²) in [5, 5.41) is 12.7. The zero-order valence-electron chi connectivity index (χ0n) is 27.5. The first-order valence-corrected chi connectivity index (χ1v) is 16.1. The van der Waals surface area contributed by atoms with E-state index in [0.29, 0.717) is 48.0 Å². The molecule has 2 heterocycles. The number of carbonyl (C=O) groups excluding carboxylic acids is 2. The maximum atomic E-state index is 13.6. The van der Waals surface area contributed by atoms with Gasteiger partial charge in [-0.2, -0.15) is 39.5 Å². The van der Waals surface area contributed by atoms with Gasteiger partial charge in [0.1, 0.15) is 24.5 Å². The van der Waals surface area contributed by atoms with Crippen molar-refractivity contribution in [2.45, 2.75) is 68.7 Å². The Balaban J connectivity index is 1.28. The van der Waals surface area contributed by atoms with E-state index < -0.39 is 52.7 Å². The molecule has 0 saturated carbocycles. The molecule has 2 aliphatic rings. The van der Waals surface area contributed by atoms with Crippen LogP contribution >= 0.6 is 0 Å². The molecule has 52 heavy (non-hydrogen) atoms. The van der Waals surface area contributed by atoms with E-state index in [0.717, 1.165) is 35.2 Å². The summed E-state index contributed by atoms with van der Waals surface area (Å²) in [6.45, 7) is 2.24. The van der Waals surface area contributed by atoms with Crippen molar-refractivity contribution in [1.82, 2.24) is 10.2 Å². The first kappa shape index (κ1) is 38.6. The molecule has 3 aromatic rings. The molecule has 17 heteroatoms. The lowest BCUT2D eigenvalue weighted by atomic mass is 9.87. The van der Waals surface area contributed by atoms with Gasteiger partial charge < -0.3 is 24.6 Å². The van der Waals surface area contributed by atoms with Crippen LogP contribution in [0.15, 0.2) is 60.7 Å². The lowest BCUT2D eigenvalue weighted by Gasteiger charge is -2.33. The number of benzene rings is 3. The largest absolute Gasteiger partial charge is 0.493 e. The van der Waals surface area contributed by atoms with Crippen molar-refractivity contribution in [3.05, 3.63) is 88.5 Å². The van der Waals surface area contributed by atoms with Crippen LogP contribution < -0.4 is 19.5 Å². The molecule has 0 aliphatic carbocycles. The number of unbranched alkanes of at least 4 members (excludes halogenated alkanes) is 1. The lowest BCUT2D eigenvalue weighted by molar-refractivity contribution is -0.376. The fraction of sp³-hybridized carbons (Fsp3) is 0.429. The van der Waals surface area contributed by atoms with Crippen LogP contribution in [0.1, 0.15) is 54.0 Å². The summed E-state index contributed by atoms with van der Waals surface area (Å²) < 4.78 is 138. The minimum absolute atomic E-state index is 0.0375. The average Bonchev–Trinajstić information content (AvgIpc) is 3.34. The molecule has 282 valence electrons. The smallest absolute Gasteiger partial charge is 0.430 e. The molecular weight excluding hydrogens is 715 g/mol. The predicted octanol–water partition coefficient (Wildman–Crippen LogP) is 7.59. The monoisotopic (exact) mass is 748 g/mol. The molecule has 1 unspecified atom stereocenters. The Hall–Kier alpha value is -4.67. The van der Waals surface area contributed by atoms with Crippen LogP contribution in [0, 0.1) is 0 Å². The normalized spacial score (nSPS) is 18.1. The number of aryl methyl sites for hydroxylation is 2. The molecule has 0 bridgehead atoms. The van der Waals surface area contributed by atoms with Gasteiger partial charge in [-0.3, -0.25) is 9.69 Å². The Morgan fingerprint density at radius 3 is 2.06 bits per heavy atom. The van der Waals surface area contributed by atoms with E-state index in [1.165, 1.54) is 0 Å². The quantitative estimate of drug-likeness (QED) is 0.113. The van der Waals surface area contributed by atoms with Gasteiger partial charge in [0.05, 0.1) is 12.2 Å². The number of alkyl halides is 9. The van der Waals surface area contributed by atoms with Gasteiger partial charge in [0, 0.05) is 12.1 Å². The first-order chi connectivity index (χ1) is 24.3. The zero-order chi connectivity index (χ0) is 38.1. The second-order valence-corrected chi connectivity index (χ2v) is 12.3. The van der Waals surface area contributed by atoms with Crippen molar-refractivity contribution in [3.8, 4) is 17.2 Å². The molecule has 1 saturated heterocycles. The minimum Gasteiger partial charge on any atom is -0.493 e. The van der Waals surface area contributed by atoms with Gasteiger partial charge in [0.25, 0.3) is 11.5 Å². The van der Waals surface area contributed by atoms with E-state index in [-0.39, 0.29) is 56.6 Å². The van der Waals surface area contributed by atoms with Crippen LogP contribution in [0.5, 0.6) is 17.2 Å². The molecule has 5 rings (SSSR count). The number of hydrogen-bond acceptors (Lipinski definition) is 6. The number of carbonyl (C=O) groups is 2. The highest BCUT2D eigenvalue weighted by molar-refractivity contribution is 6.07. The SMILES string of the molecule is CCC1(c2ccc3c(c2)OCCO3)NC(=O)N(CCCCOc2ccc(C(O)(C(F)(F)F)C(F)(F)F)cc2CCc2ccc(C(F)(F)F)cc2)C1=O. The van der Waals surface area contributed by atoms with Crippen molar-refractivity contribution >= 4 is 11.9 Å². The van der Waals surface area contributed by atoms with Gasteiger partial charge in [-0.15, -0.1) is 0 Å². The van der Waals surface area contributed by atoms with Crippen LogP contribution in [-0.2, 0) is 35.0 Å². The number of ether oxygens (including phenoxy) is 3. The van der Waals surface area contributed by atoms with Crippen LogP contribution in [0.4, 0.5) is 44.3 Å². The van der Waals surface area contributed by atoms with E-state index >= 15 is 0 Å². The molecule has 3 aromatic carbocycles. The van der Waals surface area contributed by atoms with E-state index in [9.17, 15) is 54.2 Å². The van der Waals surface area contributed by atoms with E-state index in [4.69, 9.17) is 14.2 Å². The summed E-state index contributed by atoms with van der Waals surface area (Å²) in [5.74, 6) is 0.313. The Morgan fingerprint density at radius 1 is 0.808 bits per heavy atom. The molecule has 3 amide bonds. The van der Waals surface area contributed by atoms with Crippen LogP contribution in [0.2, 0.25) is 0 Å². The minimum atomic E-state index is -6.14. The average molecular weight is 749 g/mol. The third kappa shape index (κ3) is 7.45. The predicted molar refractivity (Wildman–Crippen MR) is 166 cm³/mol. The maximum absolute atomic E-state index is 13.6.